The van der Waals surface area contributed by atoms with Gasteiger partial charge in [0.25, 0.3) is 0 Å². The highest BCUT2D eigenvalue weighted by atomic mass is 32.1. The van der Waals surface area contributed by atoms with Gasteiger partial charge in [-0.25, -0.2) is 4.98 Å². The SMILES string of the molecule is CCN(CC1CCC1)c1nc(COC)c(CNC2CC2)s1. The van der Waals surface area contributed by atoms with Gasteiger partial charge in [-0.3, -0.25) is 0 Å². The minimum Gasteiger partial charge on any atom is -0.378 e. The van der Waals surface area contributed by atoms with E-state index >= 15 is 0 Å². The lowest BCUT2D eigenvalue weighted by Crippen LogP contribution is -2.32. The Hall–Kier alpha value is -0.650. The molecule has 2 aliphatic rings. The average Bonchev–Trinajstić information content (AvgIpc) is 3.18. The first-order valence-corrected chi connectivity index (χ1v) is 9.07. The van der Waals surface area contributed by atoms with Crippen LogP contribution in [-0.2, 0) is 17.9 Å². The van der Waals surface area contributed by atoms with Gasteiger partial charge in [0.15, 0.2) is 5.13 Å². The van der Waals surface area contributed by atoms with Crippen LogP contribution in [0.25, 0.3) is 0 Å². The van der Waals surface area contributed by atoms with Crippen LogP contribution in [0.1, 0.15) is 49.6 Å². The standard InChI is InChI=1S/C16H27N3OS/c1-3-19(10-12-5-4-6-12)16-18-14(11-20-2)15(21-16)9-17-13-7-8-13/h12-13,17H,3-11H2,1-2H3. The van der Waals surface area contributed by atoms with E-state index in [1.165, 1.54) is 48.7 Å². The Morgan fingerprint density at radius 3 is 2.71 bits per heavy atom. The van der Waals surface area contributed by atoms with Crippen molar-refractivity contribution in [2.45, 2.75) is 58.2 Å². The van der Waals surface area contributed by atoms with E-state index in [0.29, 0.717) is 6.61 Å². The summed E-state index contributed by atoms with van der Waals surface area (Å²) < 4.78 is 5.33. The molecule has 3 rings (SSSR count). The number of ether oxygens (including phenoxy) is 1. The zero-order valence-corrected chi connectivity index (χ0v) is 14.0. The highest BCUT2D eigenvalue weighted by molar-refractivity contribution is 7.15. The Morgan fingerprint density at radius 1 is 1.33 bits per heavy atom. The second-order valence-corrected chi connectivity index (χ2v) is 7.35. The summed E-state index contributed by atoms with van der Waals surface area (Å²) in [4.78, 5) is 8.67. The average molecular weight is 309 g/mol. The molecule has 0 unspecified atom stereocenters. The minimum absolute atomic E-state index is 0.624. The molecule has 0 spiro atoms. The number of nitrogens with one attached hydrogen (secondary N) is 1. The Kier molecular flexibility index (Phi) is 5.14. The number of aromatic nitrogens is 1. The van der Waals surface area contributed by atoms with Crippen molar-refractivity contribution >= 4 is 16.5 Å². The monoisotopic (exact) mass is 309 g/mol. The molecule has 1 aromatic heterocycles. The van der Waals surface area contributed by atoms with Crippen molar-refractivity contribution in [2.24, 2.45) is 5.92 Å². The van der Waals surface area contributed by atoms with E-state index in [1.54, 1.807) is 7.11 Å². The molecule has 0 aliphatic heterocycles. The van der Waals surface area contributed by atoms with E-state index in [1.807, 2.05) is 11.3 Å². The van der Waals surface area contributed by atoms with Crippen LogP contribution in [0.15, 0.2) is 0 Å². The molecule has 0 saturated heterocycles. The van der Waals surface area contributed by atoms with Crippen LogP contribution in [0.3, 0.4) is 0 Å². The van der Waals surface area contributed by atoms with Crippen molar-refractivity contribution in [1.82, 2.24) is 10.3 Å². The van der Waals surface area contributed by atoms with Gasteiger partial charge in [-0.1, -0.05) is 6.42 Å². The highest BCUT2D eigenvalue weighted by Gasteiger charge is 2.24. The quantitative estimate of drug-likeness (QED) is 0.760. The van der Waals surface area contributed by atoms with Gasteiger partial charge in [0.05, 0.1) is 12.3 Å². The van der Waals surface area contributed by atoms with E-state index in [-0.39, 0.29) is 0 Å². The number of rotatable bonds is 9. The highest BCUT2D eigenvalue weighted by Crippen LogP contribution is 2.32. The lowest BCUT2D eigenvalue weighted by molar-refractivity contribution is 0.181. The first-order chi connectivity index (χ1) is 10.3. The molecule has 2 fully saturated rings. The first-order valence-electron chi connectivity index (χ1n) is 8.26. The minimum atomic E-state index is 0.624. The van der Waals surface area contributed by atoms with Crippen LogP contribution < -0.4 is 10.2 Å². The first kappa shape index (κ1) is 15.3. The van der Waals surface area contributed by atoms with E-state index in [2.05, 4.69) is 17.1 Å². The Balaban J connectivity index is 1.67. The van der Waals surface area contributed by atoms with Gasteiger partial charge in [-0.05, 0) is 38.5 Å². The van der Waals surface area contributed by atoms with Crippen molar-refractivity contribution in [3.05, 3.63) is 10.6 Å². The molecular weight excluding hydrogens is 282 g/mol. The third-order valence-electron chi connectivity index (χ3n) is 4.53. The molecule has 0 amide bonds. The summed E-state index contributed by atoms with van der Waals surface area (Å²) in [5.74, 6) is 0.882. The number of anilines is 1. The van der Waals surface area contributed by atoms with Crippen molar-refractivity contribution < 1.29 is 4.74 Å². The summed E-state index contributed by atoms with van der Waals surface area (Å²) in [7, 11) is 1.75. The van der Waals surface area contributed by atoms with E-state index in [4.69, 9.17) is 9.72 Å². The zero-order chi connectivity index (χ0) is 14.7. The van der Waals surface area contributed by atoms with Crippen LogP contribution >= 0.6 is 11.3 Å². The summed E-state index contributed by atoms with van der Waals surface area (Å²) in [6.07, 6.45) is 6.85. The van der Waals surface area contributed by atoms with Gasteiger partial charge in [0.2, 0.25) is 0 Å². The van der Waals surface area contributed by atoms with E-state index in [9.17, 15) is 0 Å². The Morgan fingerprint density at radius 2 is 2.14 bits per heavy atom. The maximum atomic E-state index is 5.33. The molecule has 4 nitrogen and oxygen atoms in total. The van der Waals surface area contributed by atoms with Crippen molar-refractivity contribution in [3.8, 4) is 0 Å². The van der Waals surface area contributed by atoms with Gasteiger partial charge in [-0.15, -0.1) is 11.3 Å². The number of methoxy groups -OCH3 is 1. The summed E-state index contributed by atoms with van der Waals surface area (Å²) in [6, 6.07) is 0.739. The molecule has 2 saturated carbocycles. The second-order valence-electron chi connectivity index (χ2n) is 6.29. The van der Waals surface area contributed by atoms with Crippen LogP contribution in [0.4, 0.5) is 5.13 Å². The molecule has 5 heteroatoms. The van der Waals surface area contributed by atoms with Gasteiger partial charge in [0, 0.05) is 37.7 Å². The number of nitrogens with zero attached hydrogens (tertiary/aromatic N) is 2. The predicted octanol–water partition coefficient (Wildman–Crippen LogP) is 3.17. The summed E-state index contributed by atoms with van der Waals surface area (Å²) in [5, 5.41) is 4.79. The maximum absolute atomic E-state index is 5.33. The third-order valence-corrected chi connectivity index (χ3v) is 5.69. The summed E-state index contributed by atoms with van der Waals surface area (Å²) in [6.45, 7) is 6.03. The Labute approximate surface area is 131 Å². The smallest absolute Gasteiger partial charge is 0.185 e. The fraction of sp³-hybridized carbons (Fsp3) is 0.812. The summed E-state index contributed by atoms with van der Waals surface area (Å²) >= 11 is 1.85. The molecule has 0 radical (unpaired) electrons. The van der Waals surface area contributed by atoms with Crippen LogP contribution in [0.5, 0.6) is 0 Å². The molecule has 2 aliphatic carbocycles. The fourth-order valence-corrected chi connectivity index (χ4v) is 3.83. The lowest BCUT2D eigenvalue weighted by Gasteiger charge is -2.31. The topological polar surface area (TPSA) is 37.4 Å². The fourth-order valence-electron chi connectivity index (χ4n) is 2.75. The molecular formula is C16H27N3OS. The lowest BCUT2D eigenvalue weighted by atomic mass is 9.85. The molecule has 21 heavy (non-hydrogen) atoms. The van der Waals surface area contributed by atoms with E-state index in [0.717, 1.165) is 30.7 Å². The number of hydrogen-bond acceptors (Lipinski definition) is 5. The van der Waals surface area contributed by atoms with Gasteiger partial charge in [-0.2, -0.15) is 0 Å². The normalized spacial score (nSPS) is 18.8. The molecule has 0 aromatic carbocycles. The molecule has 1 N–H and O–H groups in total. The number of thiazole rings is 1. The van der Waals surface area contributed by atoms with Crippen LogP contribution in [-0.4, -0.2) is 31.2 Å². The molecule has 118 valence electrons. The summed E-state index contributed by atoms with van der Waals surface area (Å²) in [5.41, 5.74) is 1.12. The molecule has 0 bridgehead atoms. The van der Waals surface area contributed by atoms with Crippen molar-refractivity contribution in [1.29, 1.82) is 0 Å². The Bertz CT molecular complexity index is 454. The van der Waals surface area contributed by atoms with Crippen molar-refractivity contribution in [2.75, 3.05) is 25.1 Å². The maximum Gasteiger partial charge on any atom is 0.185 e. The zero-order valence-electron chi connectivity index (χ0n) is 13.2. The van der Waals surface area contributed by atoms with E-state index < -0.39 is 0 Å². The molecule has 1 heterocycles. The predicted molar refractivity (Wildman–Crippen MR) is 87.9 cm³/mol. The van der Waals surface area contributed by atoms with Crippen LogP contribution in [0, 0.1) is 5.92 Å². The van der Waals surface area contributed by atoms with Gasteiger partial charge >= 0.3 is 0 Å². The van der Waals surface area contributed by atoms with Gasteiger partial charge in [0.1, 0.15) is 0 Å². The van der Waals surface area contributed by atoms with Gasteiger partial charge < -0.3 is 15.0 Å². The molecule has 0 atom stereocenters. The van der Waals surface area contributed by atoms with Crippen molar-refractivity contribution in [3.63, 3.8) is 0 Å². The van der Waals surface area contributed by atoms with Crippen LogP contribution in [0.2, 0.25) is 0 Å². The number of hydrogen-bond donors (Lipinski definition) is 1. The molecule has 1 aromatic rings. The third kappa shape index (κ3) is 3.96. The second kappa shape index (κ2) is 7.07. The largest absolute Gasteiger partial charge is 0.378 e.